The van der Waals surface area contributed by atoms with Crippen molar-refractivity contribution < 1.29 is 9.90 Å². The van der Waals surface area contributed by atoms with Gasteiger partial charge in [0.15, 0.2) is 0 Å². The van der Waals surface area contributed by atoms with Crippen molar-refractivity contribution in [1.82, 2.24) is 4.98 Å². The summed E-state index contributed by atoms with van der Waals surface area (Å²) in [5, 5.41) is 13.1. The molecule has 0 amide bonds. The van der Waals surface area contributed by atoms with E-state index in [-0.39, 0.29) is 5.56 Å². The van der Waals surface area contributed by atoms with Crippen LogP contribution in [0.25, 0.3) is 0 Å². The van der Waals surface area contributed by atoms with Crippen molar-refractivity contribution in [3.63, 3.8) is 0 Å². The number of carbonyl (C=O) groups is 1. The van der Waals surface area contributed by atoms with E-state index in [1.807, 2.05) is 6.92 Å². The third-order valence-corrected chi connectivity index (χ3v) is 3.06. The van der Waals surface area contributed by atoms with Crippen molar-refractivity contribution in [2.75, 3.05) is 5.32 Å². The Morgan fingerprint density at radius 3 is 2.40 bits per heavy atom. The lowest BCUT2D eigenvalue weighted by molar-refractivity contribution is 0.0696. The van der Waals surface area contributed by atoms with Gasteiger partial charge < -0.3 is 10.4 Å². The van der Waals surface area contributed by atoms with E-state index < -0.39 is 5.97 Å². The number of anilines is 2. The molecule has 2 aromatic rings. The molecule has 0 aliphatic heterocycles. The Balaban J connectivity index is 2.37. The fraction of sp³-hybridized carbons (Fsp3) is 0.143. The minimum Gasteiger partial charge on any atom is -0.478 e. The number of benzene rings is 1. The average molecular weight is 311 g/mol. The standard InChI is InChI=1S/C14H12Cl2N2O2/c1-2-11-3-8(14(19)20)4-13(17-11)18-12-6-9(15)5-10(16)7-12/h3-7H,2H2,1H3,(H,17,18)(H,19,20). The van der Waals surface area contributed by atoms with Crippen LogP contribution in [0.4, 0.5) is 11.5 Å². The van der Waals surface area contributed by atoms with Gasteiger partial charge in [-0.1, -0.05) is 30.1 Å². The minimum atomic E-state index is -0.991. The number of hydrogen-bond acceptors (Lipinski definition) is 3. The van der Waals surface area contributed by atoms with Crippen molar-refractivity contribution >= 4 is 40.7 Å². The number of rotatable bonds is 4. The molecule has 2 N–H and O–H groups in total. The van der Waals surface area contributed by atoms with Gasteiger partial charge in [0.05, 0.1) is 5.56 Å². The maximum Gasteiger partial charge on any atom is 0.335 e. The number of nitrogens with zero attached hydrogens (tertiary/aromatic N) is 1. The number of carboxylic acids is 1. The van der Waals surface area contributed by atoms with Gasteiger partial charge in [0.1, 0.15) is 5.82 Å². The Bertz CT molecular complexity index is 639. The molecular formula is C14H12Cl2N2O2. The first-order chi connectivity index (χ1) is 9.47. The van der Waals surface area contributed by atoms with E-state index in [1.165, 1.54) is 6.07 Å². The summed E-state index contributed by atoms with van der Waals surface area (Å²) < 4.78 is 0. The van der Waals surface area contributed by atoms with Crippen LogP contribution in [-0.2, 0) is 6.42 Å². The Morgan fingerprint density at radius 2 is 1.85 bits per heavy atom. The zero-order valence-electron chi connectivity index (χ0n) is 10.7. The highest BCUT2D eigenvalue weighted by molar-refractivity contribution is 6.35. The zero-order valence-corrected chi connectivity index (χ0v) is 12.2. The topological polar surface area (TPSA) is 62.2 Å². The molecule has 4 nitrogen and oxygen atoms in total. The van der Waals surface area contributed by atoms with Crippen LogP contribution in [0.3, 0.4) is 0 Å². The first-order valence-corrected chi connectivity index (χ1v) is 6.71. The molecule has 1 aromatic carbocycles. The van der Waals surface area contributed by atoms with Gasteiger partial charge in [0.25, 0.3) is 0 Å². The fourth-order valence-corrected chi connectivity index (χ4v) is 2.26. The van der Waals surface area contributed by atoms with Crippen molar-refractivity contribution in [2.24, 2.45) is 0 Å². The van der Waals surface area contributed by atoms with Gasteiger partial charge in [0.2, 0.25) is 0 Å². The summed E-state index contributed by atoms with van der Waals surface area (Å²) in [5.74, 6) is -0.547. The molecule has 0 saturated heterocycles. The average Bonchev–Trinajstić information content (AvgIpc) is 2.36. The van der Waals surface area contributed by atoms with Crippen LogP contribution in [0, 0.1) is 0 Å². The van der Waals surface area contributed by atoms with Gasteiger partial charge in [-0.05, 0) is 36.8 Å². The maximum atomic E-state index is 11.1. The summed E-state index contributed by atoms with van der Waals surface area (Å²) in [6, 6.07) is 8.02. The fourth-order valence-electron chi connectivity index (χ4n) is 1.73. The second-order valence-electron chi connectivity index (χ2n) is 4.17. The number of carboxylic acid groups (broad SMARTS) is 1. The molecule has 104 valence electrons. The second kappa shape index (κ2) is 6.11. The molecule has 0 unspecified atom stereocenters. The lowest BCUT2D eigenvalue weighted by Gasteiger charge is -2.09. The predicted octanol–water partition coefficient (Wildman–Crippen LogP) is 4.39. The maximum absolute atomic E-state index is 11.1. The van der Waals surface area contributed by atoms with Crippen LogP contribution in [0.2, 0.25) is 10.0 Å². The van der Waals surface area contributed by atoms with E-state index in [1.54, 1.807) is 24.3 Å². The second-order valence-corrected chi connectivity index (χ2v) is 5.05. The smallest absolute Gasteiger partial charge is 0.335 e. The molecule has 0 bridgehead atoms. The summed E-state index contributed by atoms with van der Waals surface area (Å²) in [6.45, 7) is 1.91. The van der Waals surface area contributed by atoms with E-state index in [9.17, 15) is 4.79 Å². The summed E-state index contributed by atoms with van der Waals surface area (Å²) in [6.07, 6.45) is 0.645. The molecule has 20 heavy (non-hydrogen) atoms. The molecule has 0 aliphatic carbocycles. The van der Waals surface area contributed by atoms with Crippen LogP contribution in [0.15, 0.2) is 30.3 Å². The van der Waals surface area contributed by atoms with Gasteiger partial charge in [-0.25, -0.2) is 9.78 Å². The molecule has 0 fully saturated rings. The summed E-state index contributed by atoms with van der Waals surface area (Å²) >= 11 is 11.8. The van der Waals surface area contributed by atoms with Crippen LogP contribution < -0.4 is 5.32 Å². The summed E-state index contributed by atoms with van der Waals surface area (Å²) in [5.41, 5.74) is 1.53. The van der Waals surface area contributed by atoms with E-state index in [0.717, 1.165) is 0 Å². The third-order valence-electron chi connectivity index (χ3n) is 2.62. The Kier molecular flexibility index (Phi) is 4.47. The number of aromatic nitrogens is 1. The third kappa shape index (κ3) is 3.62. The number of aromatic carboxylic acids is 1. The summed E-state index contributed by atoms with van der Waals surface area (Å²) in [7, 11) is 0. The SMILES string of the molecule is CCc1cc(C(=O)O)cc(Nc2cc(Cl)cc(Cl)c2)n1. The number of pyridine rings is 1. The lowest BCUT2D eigenvalue weighted by Crippen LogP contribution is -2.03. The lowest BCUT2D eigenvalue weighted by atomic mass is 10.2. The largest absolute Gasteiger partial charge is 0.478 e. The van der Waals surface area contributed by atoms with Crippen molar-refractivity contribution in [3.05, 3.63) is 51.6 Å². The van der Waals surface area contributed by atoms with Crippen LogP contribution in [-0.4, -0.2) is 16.1 Å². The Hall–Kier alpha value is -1.78. The molecule has 1 heterocycles. The highest BCUT2D eigenvalue weighted by atomic mass is 35.5. The van der Waals surface area contributed by atoms with Crippen LogP contribution >= 0.6 is 23.2 Å². The highest BCUT2D eigenvalue weighted by Gasteiger charge is 2.08. The van der Waals surface area contributed by atoms with E-state index in [0.29, 0.717) is 33.7 Å². The zero-order chi connectivity index (χ0) is 14.7. The molecule has 0 spiro atoms. The first-order valence-electron chi connectivity index (χ1n) is 5.95. The number of aryl methyl sites for hydroxylation is 1. The molecule has 0 aliphatic rings. The Morgan fingerprint density at radius 1 is 1.20 bits per heavy atom. The number of halogens is 2. The quantitative estimate of drug-likeness (QED) is 0.879. The molecule has 2 rings (SSSR count). The number of hydrogen-bond donors (Lipinski definition) is 2. The van der Waals surface area contributed by atoms with Crippen molar-refractivity contribution in [1.29, 1.82) is 0 Å². The van der Waals surface area contributed by atoms with Crippen LogP contribution in [0.5, 0.6) is 0 Å². The van der Waals surface area contributed by atoms with E-state index in [2.05, 4.69) is 10.3 Å². The van der Waals surface area contributed by atoms with Crippen molar-refractivity contribution in [2.45, 2.75) is 13.3 Å². The Labute approximate surface area is 126 Å². The predicted molar refractivity (Wildman–Crippen MR) is 80.3 cm³/mol. The monoisotopic (exact) mass is 310 g/mol. The highest BCUT2D eigenvalue weighted by Crippen LogP contribution is 2.25. The minimum absolute atomic E-state index is 0.187. The molecular weight excluding hydrogens is 299 g/mol. The normalized spacial score (nSPS) is 10.3. The first kappa shape index (κ1) is 14.6. The van der Waals surface area contributed by atoms with Gasteiger partial charge in [0, 0.05) is 21.4 Å². The number of nitrogens with one attached hydrogen (secondary N) is 1. The van der Waals surface area contributed by atoms with Gasteiger partial charge in [-0.15, -0.1) is 0 Å². The van der Waals surface area contributed by atoms with E-state index >= 15 is 0 Å². The van der Waals surface area contributed by atoms with E-state index in [4.69, 9.17) is 28.3 Å². The molecule has 1 aromatic heterocycles. The molecule has 0 atom stereocenters. The van der Waals surface area contributed by atoms with Crippen LogP contribution in [0.1, 0.15) is 23.0 Å². The summed E-state index contributed by atoms with van der Waals surface area (Å²) in [4.78, 5) is 15.4. The molecule has 6 heteroatoms. The van der Waals surface area contributed by atoms with Gasteiger partial charge >= 0.3 is 5.97 Å². The molecule has 0 radical (unpaired) electrons. The molecule has 0 saturated carbocycles. The van der Waals surface area contributed by atoms with Crippen molar-refractivity contribution in [3.8, 4) is 0 Å². The van der Waals surface area contributed by atoms with Gasteiger partial charge in [-0.2, -0.15) is 0 Å². The van der Waals surface area contributed by atoms with Gasteiger partial charge in [-0.3, -0.25) is 0 Å².